The molecule has 12 heteroatoms. The number of nitrogens with two attached hydrogens (primary N) is 1. The first-order valence-electron chi connectivity index (χ1n) is 9.45. The van der Waals surface area contributed by atoms with Crippen molar-refractivity contribution in [1.29, 1.82) is 5.26 Å². The lowest BCUT2D eigenvalue weighted by atomic mass is 10.1. The van der Waals surface area contributed by atoms with E-state index in [9.17, 15) is 9.65 Å². The number of hydrogen-bond donors (Lipinski definition) is 2. The molecule has 1 aromatic heterocycles. The van der Waals surface area contributed by atoms with Gasteiger partial charge in [0.1, 0.15) is 35.0 Å². The van der Waals surface area contributed by atoms with Gasteiger partial charge >= 0.3 is 0 Å². The molecule has 176 valence electrons. The summed E-state index contributed by atoms with van der Waals surface area (Å²) >= 11 is 7.51. The molecule has 0 bridgehead atoms. The molecule has 0 spiro atoms. The smallest absolute Gasteiger partial charge is 0.165 e. The lowest BCUT2D eigenvalue weighted by Crippen LogP contribution is -2.31. The maximum atomic E-state index is 14.5. The topological polar surface area (TPSA) is 124 Å². The number of aromatic nitrogens is 2. The number of benzene rings is 2. The minimum Gasteiger partial charge on any atom is -0.490 e. The number of aliphatic hydroxyl groups is 1. The van der Waals surface area contributed by atoms with Crippen LogP contribution in [0.1, 0.15) is 5.56 Å². The maximum absolute atomic E-state index is 14.5. The SMILES string of the molecule is COCCOc1ccc(-c2nnc(-c3cc(F)c(OC[C@@H](N)CO)cc3Cl)s2)cc1C#N.Cl. The van der Waals surface area contributed by atoms with Crippen molar-refractivity contribution in [2.45, 2.75) is 6.04 Å². The number of methoxy groups -OCH3 is 1. The van der Waals surface area contributed by atoms with Crippen LogP contribution in [0.25, 0.3) is 21.1 Å². The molecule has 33 heavy (non-hydrogen) atoms. The molecule has 0 unspecified atom stereocenters. The molecular weight excluding hydrogens is 494 g/mol. The molecule has 0 radical (unpaired) electrons. The van der Waals surface area contributed by atoms with Gasteiger partial charge in [-0.3, -0.25) is 0 Å². The number of rotatable bonds is 10. The van der Waals surface area contributed by atoms with Gasteiger partial charge in [-0.05, 0) is 24.3 Å². The third kappa shape index (κ3) is 6.74. The average molecular weight is 515 g/mol. The Balaban J connectivity index is 0.00000385. The average Bonchev–Trinajstić information content (AvgIpc) is 3.29. The third-order valence-corrected chi connectivity index (χ3v) is 5.57. The fraction of sp³-hybridized carbons (Fsp3) is 0.286. The Morgan fingerprint density at radius 3 is 2.64 bits per heavy atom. The molecule has 0 aliphatic heterocycles. The van der Waals surface area contributed by atoms with Crippen molar-refractivity contribution < 1.29 is 23.7 Å². The van der Waals surface area contributed by atoms with Crippen LogP contribution in [0, 0.1) is 17.1 Å². The second-order valence-electron chi connectivity index (χ2n) is 6.59. The monoisotopic (exact) mass is 514 g/mol. The molecule has 1 heterocycles. The molecule has 2 aromatic carbocycles. The van der Waals surface area contributed by atoms with Gasteiger partial charge in [-0.25, -0.2) is 4.39 Å². The Morgan fingerprint density at radius 1 is 1.18 bits per heavy atom. The highest BCUT2D eigenvalue weighted by atomic mass is 35.5. The Hall–Kier alpha value is -2.52. The quantitative estimate of drug-likeness (QED) is 0.392. The normalized spacial score (nSPS) is 11.4. The Morgan fingerprint density at radius 2 is 1.94 bits per heavy atom. The molecular formula is C21H21Cl2FN4O4S. The zero-order chi connectivity index (χ0) is 23.1. The van der Waals surface area contributed by atoms with Gasteiger partial charge in [-0.2, -0.15) is 5.26 Å². The Labute approximate surface area is 205 Å². The van der Waals surface area contributed by atoms with Crippen LogP contribution in [-0.2, 0) is 4.74 Å². The number of halogens is 3. The Bertz CT molecular complexity index is 1130. The molecule has 0 saturated carbocycles. The van der Waals surface area contributed by atoms with E-state index in [1.54, 1.807) is 25.3 Å². The summed E-state index contributed by atoms with van der Waals surface area (Å²) in [7, 11) is 1.57. The van der Waals surface area contributed by atoms with E-state index in [-0.39, 0.29) is 36.4 Å². The van der Waals surface area contributed by atoms with Crippen molar-refractivity contribution in [3.63, 3.8) is 0 Å². The molecule has 0 saturated heterocycles. The molecule has 0 amide bonds. The minimum atomic E-state index is -0.643. The molecule has 0 fully saturated rings. The summed E-state index contributed by atoms with van der Waals surface area (Å²) in [6.07, 6.45) is 0. The van der Waals surface area contributed by atoms with Crippen molar-refractivity contribution in [2.75, 3.05) is 33.5 Å². The van der Waals surface area contributed by atoms with Crippen LogP contribution in [0.3, 0.4) is 0 Å². The molecule has 3 rings (SSSR count). The van der Waals surface area contributed by atoms with Crippen LogP contribution in [0.15, 0.2) is 30.3 Å². The van der Waals surface area contributed by atoms with Gasteiger partial charge in [0.2, 0.25) is 0 Å². The van der Waals surface area contributed by atoms with E-state index >= 15 is 0 Å². The summed E-state index contributed by atoms with van der Waals surface area (Å²) < 4.78 is 30.2. The summed E-state index contributed by atoms with van der Waals surface area (Å²) in [5.41, 5.74) is 6.94. The van der Waals surface area contributed by atoms with Gasteiger partial charge in [0.15, 0.2) is 11.6 Å². The number of nitriles is 1. The maximum Gasteiger partial charge on any atom is 0.165 e. The summed E-state index contributed by atoms with van der Waals surface area (Å²) in [5.74, 6) is -0.273. The largest absolute Gasteiger partial charge is 0.490 e. The standard InChI is InChI=1S/C21H20ClFN4O4S.ClH/c1-29-4-5-30-18-3-2-12(6-13(18)9-24)20-26-27-21(32-20)15-7-17(23)19(8-16(15)22)31-11-14(25)10-28;/h2-3,6-8,14,28H,4-5,10-11,25H2,1H3;1H/t14-;/m0./s1. The Kier molecular flexibility index (Phi) is 10.2. The van der Waals surface area contributed by atoms with Gasteiger partial charge in [0.05, 0.1) is 29.8 Å². The summed E-state index contributed by atoms with van der Waals surface area (Å²) in [6.45, 7) is 0.387. The van der Waals surface area contributed by atoms with E-state index in [2.05, 4.69) is 16.3 Å². The molecule has 8 nitrogen and oxygen atoms in total. The minimum absolute atomic E-state index is 0. The van der Waals surface area contributed by atoms with Crippen molar-refractivity contribution >= 4 is 35.3 Å². The molecule has 0 aliphatic rings. The van der Waals surface area contributed by atoms with Crippen LogP contribution in [0.4, 0.5) is 4.39 Å². The zero-order valence-electron chi connectivity index (χ0n) is 17.5. The molecule has 3 N–H and O–H groups in total. The number of hydrogen-bond acceptors (Lipinski definition) is 9. The lowest BCUT2D eigenvalue weighted by Gasteiger charge is -2.12. The van der Waals surface area contributed by atoms with Crippen molar-refractivity contribution in [1.82, 2.24) is 10.2 Å². The first-order chi connectivity index (χ1) is 15.5. The second kappa shape index (κ2) is 12.6. The first-order valence-corrected chi connectivity index (χ1v) is 10.6. The van der Waals surface area contributed by atoms with E-state index in [0.717, 1.165) is 0 Å². The van der Waals surface area contributed by atoms with Gasteiger partial charge in [0.25, 0.3) is 0 Å². The van der Waals surface area contributed by atoms with Gasteiger partial charge in [0, 0.05) is 24.3 Å². The van der Waals surface area contributed by atoms with E-state index in [1.165, 1.54) is 23.5 Å². The molecule has 0 aliphatic carbocycles. The zero-order valence-corrected chi connectivity index (χ0v) is 19.8. The number of ether oxygens (including phenoxy) is 3. The fourth-order valence-electron chi connectivity index (χ4n) is 2.61. The van der Waals surface area contributed by atoms with E-state index in [4.69, 9.17) is 36.7 Å². The van der Waals surface area contributed by atoms with Crippen molar-refractivity contribution in [2.24, 2.45) is 5.73 Å². The number of nitrogens with zero attached hydrogens (tertiary/aromatic N) is 3. The van der Waals surface area contributed by atoms with Crippen molar-refractivity contribution in [3.05, 3.63) is 46.7 Å². The fourth-order valence-corrected chi connectivity index (χ4v) is 3.78. The first kappa shape index (κ1) is 26.7. The predicted octanol–water partition coefficient (Wildman–Crippen LogP) is 3.68. The highest BCUT2D eigenvalue weighted by molar-refractivity contribution is 7.18. The predicted molar refractivity (Wildman–Crippen MR) is 126 cm³/mol. The third-order valence-electron chi connectivity index (χ3n) is 4.26. The summed E-state index contributed by atoms with van der Waals surface area (Å²) in [6, 6.07) is 9.10. The number of aliphatic hydroxyl groups excluding tert-OH is 1. The summed E-state index contributed by atoms with van der Waals surface area (Å²) in [5, 5.41) is 27.8. The van der Waals surface area contributed by atoms with Crippen LogP contribution >= 0.6 is 35.3 Å². The van der Waals surface area contributed by atoms with Gasteiger partial charge in [-0.1, -0.05) is 22.9 Å². The second-order valence-corrected chi connectivity index (χ2v) is 7.98. The van der Waals surface area contributed by atoms with E-state index in [0.29, 0.717) is 45.7 Å². The van der Waals surface area contributed by atoms with Crippen LogP contribution in [0.5, 0.6) is 11.5 Å². The highest BCUT2D eigenvalue weighted by Gasteiger charge is 2.17. The molecule has 1 atom stereocenters. The van der Waals surface area contributed by atoms with Gasteiger partial charge in [-0.15, -0.1) is 22.6 Å². The van der Waals surface area contributed by atoms with Crippen LogP contribution in [-0.4, -0.2) is 54.9 Å². The summed E-state index contributed by atoms with van der Waals surface area (Å²) in [4.78, 5) is 0. The van der Waals surface area contributed by atoms with E-state index in [1.807, 2.05) is 0 Å². The van der Waals surface area contributed by atoms with E-state index < -0.39 is 11.9 Å². The van der Waals surface area contributed by atoms with Gasteiger partial charge < -0.3 is 25.1 Å². The van der Waals surface area contributed by atoms with Crippen LogP contribution in [0.2, 0.25) is 5.02 Å². The van der Waals surface area contributed by atoms with Crippen molar-refractivity contribution in [3.8, 4) is 38.7 Å². The highest BCUT2D eigenvalue weighted by Crippen LogP contribution is 2.37. The van der Waals surface area contributed by atoms with Crippen LogP contribution < -0.4 is 15.2 Å². The molecule has 3 aromatic rings. The lowest BCUT2D eigenvalue weighted by molar-refractivity contribution is 0.146.